The average molecular weight is 616 g/mol. The first-order chi connectivity index (χ1) is 20.4. The van der Waals surface area contributed by atoms with E-state index < -0.39 is 12.5 Å². The standard InChI is InChI=1S/C30H36ClF2N7O3/c1-6-12-34-27(37(3)4)21(7-2)28(42)35-23-16-40(17-25(41)39-13-10-30(11-14-39)18-38(5)19-30)36-26(23)22-15-20(31)8-9-24(22)43-29(32)33/h6-9,12,15-16,29H,1-2,10-11,13-14,17-19H2,3-5H3,(H,35,42)/b27-21+,34-12-. The fourth-order valence-electron chi connectivity index (χ4n) is 5.59. The molecule has 43 heavy (non-hydrogen) atoms. The number of alkyl halides is 2. The fraction of sp³-hybridized carbons (Fsp3) is 0.400. The van der Waals surface area contributed by atoms with E-state index in [-0.39, 0.29) is 51.2 Å². The van der Waals surface area contributed by atoms with Gasteiger partial charge in [0.2, 0.25) is 5.91 Å². The number of aromatic nitrogens is 2. The molecule has 2 saturated heterocycles. The second-order valence-corrected chi connectivity index (χ2v) is 11.4. The molecule has 0 saturated carbocycles. The van der Waals surface area contributed by atoms with Crippen molar-refractivity contribution in [2.24, 2.45) is 10.4 Å². The van der Waals surface area contributed by atoms with E-state index in [4.69, 9.17) is 16.3 Å². The predicted molar refractivity (Wildman–Crippen MR) is 163 cm³/mol. The highest BCUT2D eigenvalue weighted by atomic mass is 35.5. The lowest BCUT2D eigenvalue weighted by atomic mass is 9.72. The van der Waals surface area contributed by atoms with Gasteiger partial charge in [0.25, 0.3) is 5.91 Å². The Balaban J connectivity index is 1.67. The van der Waals surface area contributed by atoms with Gasteiger partial charge in [-0.3, -0.25) is 14.3 Å². The van der Waals surface area contributed by atoms with Crippen LogP contribution >= 0.6 is 11.6 Å². The maximum absolute atomic E-state index is 13.5. The highest BCUT2D eigenvalue weighted by Crippen LogP contribution is 2.40. The molecule has 2 aliphatic heterocycles. The van der Waals surface area contributed by atoms with Gasteiger partial charge in [0, 0.05) is 63.3 Å². The second-order valence-electron chi connectivity index (χ2n) is 11.0. The molecule has 3 heterocycles. The molecule has 10 nitrogen and oxygen atoms in total. The molecule has 1 aromatic carbocycles. The third kappa shape index (κ3) is 7.49. The summed E-state index contributed by atoms with van der Waals surface area (Å²) in [5.41, 5.74) is 0.785. The van der Waals surface area contributed by atoms with Crippen LogP contribution in [0.3, 0.4) is 0 Å². The highest BCUT2D eigenvalue weighted by Gasteiger charge is 2.43. The zero-order chi connectivity index (χ0) is 31.3. The lowest BCUT2D eigenvalue weighted by Crippen LogP contribution is -2.59. The quantitative estimate of drug-likeness (QED) is 0.227. The minimum atomic E-state index is -3.11. The first-order valence-electron chi connectivity index (χ1n) is 13.7. The summed E-state index contributed by atoms with van der Waals surface area (Å²) in [6.07, 6.45) is 7.61. The van der Waals surface area contributed by atoms with Crippen molar-refractivity contribution in [1.29, 1.82) is 0 Å². The molecule has 13 heteroatoms. The van der Waals surface area contributed by atoms with Crippen LogP contribution in [0.4, 0.5) is 14.5 Å². The number of nitrogens with zero attached hydrogens (tertiary/aromatic N) is 6. The highest BCUT2D eigenvalue weighted by molar-refractivity contribution is 6.31. The van der Waals surface area contributed by atoms with Gasteiger partial charge in [0.1, 0.15) is 23.8 Å². The van der Waals surface area contributed by atoms with Gasteiger partial charge in [-0.15, -0.1) is 0 Å². The molecule has 0 aliphatic carbocycles. The van der Waals surface area contributed by atoms with E-state index in [9.17, 15) is 18.4 Å². The van der Waals surface area contributed by atoms with Crippen molar-refractivity contribution in [2.45, 2.75) is 26.0 Å². The molecule has 2 aliphatic rings. The Labute approximate surface area is 254 Å². The van der Waals surface area contributed by atoms with Gasteiger partial charge in [-0.05, 0) is 43.5 Å². The van der Waals surface area contributed by atoms with Crippen molar-refractivity contribution in [3.8, 4) is 17.0 Å². The number of halogens is 3. The Morgan fingerprint density at radius 2 is 1.95 bits per heavy atom. The molecular formula is C30H36ClF2N7O3. The number of ether oxygens (including phenoxy) is 1. The van der Waals surface area contributed by atoms with Crippen LogP contribution in [0.25, 0.3) is 11.3 Å². The van der Waals surface area contributed by atoms with E-state index in [1.165, 1.54) is 47.4 Å². The smallest absolute Gasteiger partial charge is 0.387 e. The molecule has 1 N–H and O–H groups in total. The average Bonchev–Trinajstić information content (AvgIpc) is 3.32. The topological polar surface area (TPSA) is 95.3 Å². The first-order valence-corrected chi connectivity index (χ1v) is 14.1. The van der Waals surface area contributed by atoms with Crippen LogP contribution in [-0.2, 0) is 16.1 Å². The van der Waals surface area contributed by atoms with E-state index in [2.05, 4.69) is 40.5 Å². The SMILES string of the molecule is C=C/C=N\C(=C(\C=C)C(=O)Nc1cn(CC(=O)N2CCC3(CC2)CN(C)C3)nc1-c1cc(Cl)ccc1OC(F)F)N(C)C. The molecule has 0 unspecified atom stereocenters. The number of hydrogen-bond donors (Lipinski definition) is 1. The van der Waals surface area contributed by atoms with E-state index in [1.807, 2.05) is 4.90 Å². The minimum Gasteiger partial charge on any atom is -0.434 e. The molecule has 0 bridgehead atoms. The number of piperidine rings is 1. The molecule has 1 spiro atoms. The molecule has 2 fully saturated rings. The van der Waals surface area contributed by atoms with E-state index in [1.54, 1.807) is 19.0 Å². The Morgan fingerprint density at radius 3 is 2.53 bits per heavy atom. The number of anilines is 1. The zero-order valence-corrected chi connectivity index (χ0v) is 25.3. The lowest BCUT2D eigenvalue weighted by molar-refractivity contribution is -0.136. The van der Waals surface area contributed by atoms with Crippen LogP contribution in [0.2, 0.25) is 5.02 Å². The minimum absolute atomic E-state index is 0.0961. The fourth-order valence-corrected chi connectivity index (χ4v) is 5.76. The van der Waals surface area contributed by atoms with Crippen molar-refractivity contribution in [3.05, 3.63) is 66.1 Å². The van der Waals surface area contributed by atoms with Gasteiger partial charge in [-0.1, -0.05) is 36.9 Å². The number of rotatable bonds is 11. The number of amides is 2. The first kappa shape index (κ1) is 31.9. The lowest BCUT2D eigenvalue weighted by Gasteiger charge is -2.52. The molecule has 2 aromatic rings. The normalized spacial score (nSPS) is 17.0. The molecule has 0 atom stereocenters. The van der Waals surface area contributed by atoms with Crippen LogP contribution in [0.15, 0.2) is 66.1 Å². The van der Waals surface area contributed by atoms with Crippen molar-refractivity contribution >= 4 is 35.3 Å². The van der Waals surface area contributed by atoms with Crippen LogP contribution in [0, 0.1) is 5.41 Å². The summed E-state index contributed by atoms with van der Waals surface area (Å²) < 4.78 is 32.7. The van der Waals surface area contributed by atoms with Crippen LogP contribution < -0.4 is 10.1 Å². The molecule has 0 radical (unpaired) electrons. The summed E-state index contributed by atoms with van der Waals surface area (Å²) in [5, 5.41) is 7.55. The predicted octanol–water partition coefficient (Wildman–Crippen LogP) is 4.51. The molecular weight excluding hydrogens is 580 g/mol. The molecule has 1 aromatic heterocycles. The summed E-state index contributed by atoms with van der Waals surface area (Å²) in [4.78, 5) is 36.8. The van der Waals surface area contributed by atoms with Crippen LogP contribution in [-0.4, -0.2) is 96.4 Å². The number of likely N-dealkylation sites (tertiary alicyclic amines) is 2. The Hall–Kier alpha value is -4.03. The number of carbonyl (C=O) groups excluding carboxylic acids is 2. The van der Waals surface area contributed by atoms with Crippen molar-refractivity contribution in [1.82, 2.24) is 24.5 Å². The van der Waals surface area contributed by atoms with Gasteiger partial charge in [0.05, 0.1) is 11.3 Å². The number of allylic oxidation sites excluding steroid dienone is 1. The third-order valence-corrected chi connectivity index (χ3v) is 7.76. The number of nitrogens with one attached hydrogen (secondary N) is 1. The summed E-state index contributed by atoms with van der Waals surface area (Å²) in [7, 11) is 5.52. The Morgan fingerprint density at radius 1 is 1.26 bits per heavy atom. The maximum atomic E-state index is 13.5. The molecule has 230 valence electrons. The van der Waals surface area contributed by atoms with Crippen molar-refractivity contribution < 1.29 is 23.1 Å². The maximum Gasteiger partial charge on any atom is 0.387 e. The molecule has 2 amide bonds. The second kappa shape index (κ2) is 13.5. The number of aliphatic imine (C=N–C) groups is 1. The van der Waals surface area contributed by atoms with Crippen LogP contribution in [0.1, 0.15) is 12.8 Å². The summed E-state index contributed by atoms with van der Waals surface area (Å²) in [6, 6.07) is 4.11. The van der Waals surface area contributed by atoms with Gasteiger partial charge in [0.15, 0.2) is 0 Å². The largest absolute Gasteiger partial charge is 0.434 e. The monoisotopic (exact) mass is 615 g/mol. The van der Waals surface area contributed by atoms with Crippen molar-refractivity contribution in [2.75, 3.05) is 52.6 Å². The number of benzene rings is 1. The summed E-state index contributed by atoms with van der Waals surface area (Å²) in [5.74, 6) is -0.606. The van der Waals surface area contributed by atoms with Gasteiger partial charge < -0.3 is 24.8 Å². The Kier molecular flexibility index (Phi) is 10.0. The number of carbonyl (C=O) groups is 2. The Bertz CT molecular complexity index is 1440. The summed E-state index contributed by atoms with van der Waals surface area (Å²) in [6.45, 7) is 7.52. The van der Waals surface area contributed by atoms with E-state index in [0.29, 0.717) is 18.9 Å². The van der Waals surface area contributed by atoms with E-state index >= 15 is 0 Å². The van der Waals surface area contributed by atoms with E-state index in [0.717, 1.165) is 25.9 Å². The summed E-state index contributed by atoms with van der Waals surface area (Å²) >= 11 is 6.22. The third-order valence-electron chi connectivity index (χ3n) is 7.52. The zero-order valence-electron chi connectivity index (χ0n) is 24.5. The van der Waals surface area contributed by atoms with Gasteiger partial charge >= 0.3 is 6.61 Å². The van der Waals surface area contributed by atoms with Crippen molar-refractivity contribution in [3.63, 3.8) is 0 Å². The van der Waals surface area contributed by atoms with Crippen LogP contribution in [0.5, 0.6) is 5.75 Å². The van der Waals surface area contributed by atoms with Gasteiger partial charge in [-0.25, -0.2) is 4.99 Å². The molecule has 4 rings (SSSR count). The van der Waals surface area contributed by atoms with Gasteiger partial charge in [-0.2, -0.15) is 13.9 Å². The number of hydrogen-bond acceptors (Lipinski definition) is 7.